The molecule has 3 heterocycles. The van der Waals surface area contributed by atoms with Gasteiger partial charge in [0.25, 0.3) is 0 Å². The number of fused-ring (bicyclic) bond motifs is 1. The quantitative estimate of drug-likeness (QED) is 0.813. The summed E-state index contributed by atoms with van der Waals surface area (Å²) >= 11 is 0. The molecule has 1 aliphatic heterocycles. The Kier molecular flexibility index (Phi) is 4.99. The van der Waals surface area contributed by atoms with Gasteiger partial charge in [-0.15, -0.1) is 5.10 Å². The second-order valence-corrected chi connectivity index (χ2v) is 7.33. The highest BCUT2D eigenvalue weighted by atomic mass is 16.2. The van der Waals surface area contributed by atoms with Crippen LogP contribution < -0.4 is 4.90 Å². The van der Waals surface area contributed by atoms with Gasteiger partial charge in [-0.1, -0.05) is 30.9 Å². The van der Waals surface area contributed by atoms with Crippen LogP contribution in [0.4, 0.5) is 5.82 Å². The predicted octanol–water partition coefficient (Wildman–Crippen LogP) is 1.86. The van der Waals surface area contributed by atoms with E-state index in [9.17, 15) is 4.79 Å². The molecule has 0 spiro atoms. The Labute approximate surface area is 153 Å². The van der Waals surface area contributed by atoms with Gasteiger partial charge < -0.3 is 9.80 Å². The number of carbonyl (C=O) groups is 1. The molecule has 1 aliphatic carbocycles. The summed E-state index contributed by atoms with van der Waals surface area (Å²) in [5.41, 5.74) is 1.52. The van der Waals surface area contributed by atoms with Crippen LogP contribution in [0.2, 0.25) is 0 Å². The zero-order valence-corrected chi connectivity index (χ0v) is 15.5. The third-order valence-corrected chi connectivity index (χ3v) is 5.75. The number of piperazine rings is 1. The summed E-state index contributed by atoms with van der Waals surface area (Å²) < 4.78 is 1.78. The molecule has 1 amide bonds. The van der Waals surface area contributed by atoms with E-state index in [0.717, 1.165) is 62.0 Å². The van der Waals surface area contributed by atoms with Crippen molar-refractivity contribution in [2.45, 2.75) is 52.0 Å². The Morgan fingerprint density at radius 2 is 1.92 bits per heavy atom. The summed E-state index contributed by atoms with van der Waals surface area (Å²) in [6.45, 7) is 5.80. The summed E-state index contributed by atoms with van der Waals surface area (Å²) in [6.07, 6.45) is 8.64. The smallest absolute Gasteiger partial charge is 0.222 e. The number of aryl methyl sites for hydroxylation is 1. The number of nitrogens with zero attached hydrogens (tertiary/aromatic N) is 7. The van der Waals surface area contributed by atoms with Crippen LogP contribution in [0.5, 0.6) is 0 Å². The van der Waals surface area contributed by atoms with Crippen molar-refractivity contribution in [3.05, 3.63) is 6.33 Å². The molecule has 2 aromatic heterocycles. The number of anilines is 1. The maximum atomic E-state index is 12.5. The van der Waals surface area contributed by atoms with Crippen molar-refractivity contribution < 1.29 is 4.79 Å². The Bertz CT molecular complexity index is 760. The molecular formula is C18H27N7O. The van der Waals surface area contributed by atoms with Crippen molar-refractivity contribution in [2.24, 2.45) is 5.92 Å². The number of rotatable bonds is 5. The minimum Gasteiger partial charge on any atom is -0.351 e. The molecule has 0 bridgehead atoms. The van der Waals surface area contributed by atoms with Crippen LogP contribution in [-0.4, -0.2) is 61.9 Å². The molecule has 0 aromatic carbocycles. The average Bonchev–Trinajstić information content (AvgIpc) is 3.35. The molecule has 1 saturated heterocycles. The SMILES string of the molecule is CCn1nnc2c(N3CCN(C(=O)CCC4CCCC4)CC3)ncnc21. The molecule has 1 saturated carbocycles. The van der Waals surface area contributed by atoms with Crippen LogP contribution in [0.25, 0.3) is 11.2 Å². The maximum absolute atomic E-state index is 12.5. The van der Waals surface area contributed by atoms with Gasteiger partial charge in [0.1, 0.15) is 6.33 Å². The molecule has 2 aromatic rings. The lowest BCUT2D eigenvalue weighted by Gasteiger charge is -2.35. The van der Waals surface area contributed by atoms with Crippen LogP contribution in [0, 0.1) is 5.92 Å². The van der Waals surface area contributed by atoms with Crippen molar-refractivity contribution >= 4 is 22.9 Å². The van der Waals surface area contributed by atoms with E-state index in [1.807, 2.05) is 11.8 Å². The van der Waals surface area contributed by atoms with E-state index in [2.05, 4.69) is 25.2 Å². The Morgan fingerprint density at radius 3 is 2.65 bits per heavy atom. The lowest BCUT2D eigenvalue weighted by molar-refractivity contribution is -0.131. The summed E-state index contributed by atoms with van der Waals surface area (Å²) in [5.74, 6) is 1.91. The first-order valence-electron chi connectivity index (χ1n) is 9.83. The van der Waals surface area contributed by atoms with Gasteiger partial charge in [0, 0.05) is 39.1 Å². The van der Waals surface area contributed by atoms with Crippen LogP contribution in [0.1, 0.15) is 45.4 Å². The molecule has 26 heavy (non-hydrogen) atoms. The second kappa shape index (κ2) is 7.55. The Hall–Kier alpha value is -2.25. The lowest BCUT2D eigenvalue weighted by Crippen LogP contribution is -2.49. The fourth-order valence-corrected chi connectivity index (χ4v) is 4.18. The van der Waals surface area contributed by atoms with Gasteiger partial charge in [0.2, 0.25) is 5.91 Å². The highest BCUT2D eigenvalue weighted by Gasteiger charge is 2.25. The normalized spacial score (nSPS) is 18.8. The third kappa shape index (κ3) is 3.37. The van der Waals surface area contributed by atoms with Crippen LogP contribution in [0.15, 0.2) is 6.33 Å². The van der Waals surface area contributed by atoms with Gasteiger partial charge in [-0.2, -0.15) is 0 Å². The molecule has 2 fully saturated rings. The van der Waals surface area contributed by atoms with Crippen LogP contribution in [-0.2, 0) is 11.3 Å². The maximum Gasteiger partial charge on any atom is 0.222 e. The lowest BCUT2D eigenvalue weighted by atomic mass is 10.0. The average molecular weight is 357 g/mol. The molecule has 0 unspecified atom stereocenters. The Morgan fingerprint density at radius 1 is 1.15 bits per heavy atom. The summed E-state index contributed by atoms with van der Waals surface area (Å²) in [4.78, 5) is 25.4. The zero-order chi connectivity index (χ0) is 17.9. The van der Waals surface area contributed by atoms with Crippen molar-refractivity contribution in [3.63, 3.8) is 0 Å². The fraction of sp³-hybridized carbons (Fsp3) is 0.722. The summed E-state index contributed by atoms with van der Waals surface area (Å²) in [7, 11) is 0. The van der Waals surface area contributed by atoms with Crippen molar-refractivity contribution in [2.75, 3.05) is 31.1 Å². The topological polar surface area (TPSA) is 80.0 Å². The van der Waals surface area contributed by atoms with E-state index >= 15 is 0 Å². The highest BCUT2D eigenvalue weighted by Crippen LogP contribution is 2.29. The van der Waals surface area contributed by atoms with Crippen molar-refractivity contribution in [3.8, 4) is 0 Å². The minimum atomic E-state index is 0.307. The number of aromatic nitrogens is 5. The minimum absolute atomic E-state index is 0.307. The van der Waals surface area contributed by atoms with E-state index in [1.165, 1.54) is 25.7 Å². The third-order valence-electron chi connectivity index (χ3n) is 5.75. The number of carbonyl (C=O) groups excluding carboxylic acids is 1. The van der Waals surface area contributed by atoms with Crippen LogP contribution >= 0.6 is 0 Å². The monoisotopic (exact) mass is 357 g/mol. The van der Waals surface area contributed by atoms with Gasteiger partial charge in [-0.25, -0.2) is 14.6 Å². The van der Waals surface area contributed by atoms with Gasteiger partial charge in [0.15, 0.2) is 17.0 Å². The first-order chi connectivity index (χ1) is 12.8. The first-order valence-corrected chi connectivity index (χ1v) is 9.83. The fourth-order valence-electron chi connectivity index (χ4n) is 4.18. The van der Waals surface area contributed by atoms with Gasteiger partial charge in [0.05, 0.1) is 0 Å². The zero-order valence-electron chi connectivity index (χ0n) is 15.5. The molecular weight excluding hydrogens is 330 g/mol. The summed E-state index contributed by atoms with van der Waals surface area (Å²) in [5, 5.41) is 8.41. The molecule has 0 atom stereocenters. The number of hydrogen-bond donors (Lipinski definition) is 0. The molecule has 0 radical (unpaired) electrons. The molecule has 0 N–H and O–H groups in total. The van der Waals surface area contributed by atoms with E-state index in [-0.39, 0.29) is 0 Å². The van der Waals surface area contributed by atoms with Crippen LogP contribution in [0.3, 0.4) is 0 Å². The molecule has 8 heteroatoms. The Balaban J connectivity index is 1.36. The van der Waals surface area contributed by atoms with Gasteiger partial charge in [-0.05, 0) is 19.3 Å². The largest absolute Gasteiger partial charge is 0.351 e. The number of amides is 1. The predicted molar refractivity (Wildman–Crippen MR) is 98.8 cm³/mol. The van der Waals surface area contributed by atoms with Crippen molar-refractivity contribution in [1.29, 1.82) is 0 Å². The standard InChI is InChI=1S/C18H27N7O/c1-2-25-18-16(21-22-25)17(19-13-20-18)24-11-9-23(10-12-24)15(26)8-7-14-5-3-4-6-14/h13-14H,2-12H2,1H3. The second-order valence-electron chi connectivity index (χ2n) is 7.33. The van der Waals surface area contributed by atoms with E-state index in [0.29, 0.717) is 12.3 Å². The van der Waals surface area contributed by atoms with E-state index in [4.69, 9.17) is 0 Å². The van der Waals surface area contributed by atoms with Crippen molar-refractivity contribution in [1.82, 2.24) is 29.9 Å². The molecule has 140 valence electrons. The molecule has 2 aliphatic rings. The molecule has 8 nitrogen and oxygen atoms in total. The summed E-state index contributed by atoms with van der Waals surface area (Å²) in [6, 6.07) is 0. The molecule has 4 rings (SSSR count). The highest BCUT2D eigenvalue weighted by molar-refractivity contribution is 5.83. The van der Waals surface area contributed by atoms with E-state index in [1.54, 1.807) is 11.0 Å². The van der Waals surface area contributed by atoms with Gasteiger partial charge >= 0.3 is 0 Å². The van der Waals surface area contributed by atoms with Gasteiger partial charge in [-0.3, -0.25) is 4.79 Å². The van der Waals surface area contributed by atoms with E-state index < -0.39 is 0 Å². The number of hydrogen-bond acceptors (Lipinski definition) is 6. The first kappa shape index (κ1) is 17.2.